The normalized spacial score (nSPS) is 31.2. The molecule has 0 saturated carbocycles. The van der Waals surface area contributed by atoms with Crippen molar-refractivity contribution in [1.29, 1.82) is 0 Å². The predicted octanol–water partition coefficient (Wildman–Crippen LogP) is -0.0154. The van der Waals surface area contributed by atoms with Gasteiger partial charge in [0.2, 0.25) is 0 Å². The molecule has 3 unspecified atom stereocenters. The topological polar surface area (TPSA) is 90.3 Å². The Hall–Kier alpha value is -1.34. The van der Waals surface area contributed by atoms with E-state index in [0.29, 0.717) is 26.3 Å². The van der Waals surface area contributed by atoms with Gasteiger partial charge in [-0.1, -0.05) is 6.92 Å². The molecule has 0 spiro atoms. The molecule has 7 nitrogen and oxygen atoms in total. The number of nitrogens with zero attached hydrogens (tertiary/aromatic N) is 2. The second kappa shape index (κ2) is 6.41. The summed E-state index contributed by atoms with van der Waals surface area (Å²) in [5.41, 5.74) is 0. The molecule has 0 aliphatic carbocycles. The maximum Gasteiger partial charge on any atom is 0.326 e. The van der Waals surface area contributed by atoms with E-state index in [-0.39, 0.29) is 24.6 Å². The Morgan fingerprint density at radius 3 is 2.70 bits per heavy atom. The molecule has 2 heterocycles. The number of piperidine rings is 1. The minimum atomic E-state index is -0.959. The Balaban J connectivity index is 2.14. The number of ether oxygens (including phenoxy) is 1. The molecule has 114 valence electrons. The van der Waals surface area contributed by atoms with E-state index >= 15 is 0 Å². The Bertz CT molecular complexity index is 376. The summed E-state index contributed by atoms with van der Waals surface area (Å²) in [5.74, 6) is -1.02. The summed E-state index contributed by atoms with van der Waals surface area (Å²) in [6.45, 7) is 3.25. The molecule has 7 heteroatoms. The highest BCUT2D eigenvalue weighted by Crippen LogP contribution is 2.25. The third kappa shape index (κ3) is 2.88. The van der Waals surface area contributed by atoms with Gasteiger partial charge in [-0.25, -0.2) is 9.59 Å². The van der Waals surface area contributed by atoms with Crippen molar-refractivity contribution in [3.05, 3.63) is 0 Å². The van der Waals surface area contributed by atoms with Crippen LogP contribution in [-0.2, 0) is 9.53 Å². The zero-order valence-electron chi connectivity index (χ0n) is 11.7. The Kier molecular flexibility index (Phi) is 4.82. The zero-order valence-corrected chi connectivity index (χ0v) is 11.7. The van der Waals surface area contributed by atoms with E-state index in [9.17, 15) is 19.8 Å². The molecule has 0 aromatic rings. The third-order valence-corrected chi connectivity index (χ3v) is 4.12. The first-order chi connectivity index (χ1) is 9.56. The van der Waals surface area contributed by atoms with E-state index in [4.69, 9.17) is 4.74 Å². The second-order valence-electron chi connectivity index (χ2n) is 5.48. The van der Waals surface area contributed by atoms with Gasteiger partial charge in [-0.2, -0.15) is 0 Å². The lowest BCUT2D eigenvalue weighted by atomic mass is 9.91. The minimum Gasteiger partial charge on any atom is -0.480 e. The van der Waals surface area contributed by atoms with E-state index in [1.54, 1.807) is 0 Å². The summed E-state index contributed by atoms with van der Waals surface area (Å²) >= 11 is 0. The van der Waals surface area contributed by atoms with Gasteiger partial charge in [0.05, 0.1) is 25.9 Å². The van der Waals surface area contributed by atoms with Crippen molar-refractivity contribution in [2.24, 2.45) is 5.92 Å². The third-order valence-electron chi connectivity index (χ3n) is 4.12. The van der Waals surface area contributed by atoms with E-state index in [1.165, 1.54) is 9.80 Å². The van der Waals surface area contributed by atoms with Gasteiger partial charge >= 0.3 is 12.0 Å². The lowest BCUT2D eigenvalue weighted by Gasteiger charge is -2.43. The summed E-state index contributed by atoms with van der Waals surface area (Å²) < 4.78 is 5.25. The van der Waals surface area contributed by atoms with Crippen LogP contribution in [0.3, 0.4) is 0 Å². The van der Waals surface area contributed by atoms with Crippen LogP contribution in [0.2, 0.25) is 0 Å². The van der Waals surface area contributed by atoms with Gasteiger partial charge < -0.3 is 24.7 Å². The summed E-state index contributed by atoms with van der Waals surface area (Å²) in [5, 5.41) is 18.7. The minimum absolute atomic E-state index is 0.0567. The molecular weight excluding hydrogens is 264 g/mol. The molecule has 3 atom stereocenters. The maximum absolute atomic E-state index is 12.6. The number of morpholine rings is 1. The van der Waals surface area contributed by atoms with Crippen molar-refractivity contribution in [1.82, 2.24) is 9.80 Å². The van der Waals surface area contributed by atoms with Gasteiger partial charge in [-0.05, 0) is 18.8 Å². The number of aliphatic hydroxyl groups excluding tert-OH is 1. The molecule has 2 N–H and O–H groups in total. The molecule has 2 saturated heterocycles. The highest BCUT2D eigenvalue weighted by atomic mass is 16.5. The van der Waals surface area contributed by atoms with Gasteiger partial charge in [0, 0.05) is 13.1 Å². The highest BCUT2D eigenvalue weighted by molar-refractivity contribution is 5.83. The standard InChI is InChI=1S/C13H22N2O5/c1-9-3-2-4-15(11(9)12(17)18)13(19)14-5-6-20-8-10(14)7-16/h9-11,16H,2-8H2,1H3,(H,17,18). The number of likely N-dealkylation sites (tertiary alicyclic amines) is 1. The average molecular weight is 286 g/mol. The summed E-state index contributed by atoms with van der Waals surface area (Å²) in [6, 6.07) is -1.47. The van der Waals surface area contributed by atoms with Crippen LogP contribution in [-0.4, -0.2) is 77.0 Å². The number of aliphatic carboxylic acids is 1. The van der Waals surface area contributed by atoms with E-state index in [1.807, 2.05) is 6.92 Å². The molecule has 2 fully saturated rings. The molecule has 0 aromatic heterocycles. The first-order valence-corrected chi connectivity index (χ1v) is 7.05. The van der Waals surface area contributed by atoms with Crippen LogP contribution in [0.4, 0.5) is 4.79 Å². The molecule has 2 aliphatic heterocycles. The van der Waals surface area contributed by atoms with Gasteiger partial charge in [0.1, 0.15) is 6.04 Å². The molecular formula is C13H22N2O5. The van der Waals surface area contributed by atoms with Crippen molar-refractivity contribution in [3.8, 4) is 0 Å². The molecule has 0 bridgehead atoms. The van der Waals surface area contributed by atoms with Crippen molar-refractivity contribution in [3.63, 3.8) is 0 Å². The fourth-order valence-electron chi connectivity index (χ4n) is 3.00. The van der Waals surface area contributed by atoms with Crippen LogP contribution in [0.25, 0.3) is 0 Å². The fourth-order valence-corrected chi connectivity index (χ4v) is 3.00. The number of hydrogen-bond donors (Lipinski definition) is 2. The lowest BCUT2D eigenvalue weighted by Crippen LogP contribution is -2.60. The van der Waals surface area contributed by atoms with E-state index < -0.39 is 12.0 Å². The van der Waals surface area contributed by atoms with Gasteiger partial charge in [0.25, 0.3) is 0 Å². The number of carbonyl (C=O) groups excluding carboxylic acids is 1. The number of amides is 2. The Labute approximate surface area is 118 Å². The summed E-state index contributed by atoms with van der Waals surface area (Å²) in [6.07, 6.45) is 1.62. The molecule has 0 radical (unpaired) electrons. The van der Waals surface area contributed by atoms with Gasteiger partial charge in [-0.15, -0.1) is 0 Å². The molecule has 20 heavy (non-hydrogen) atoms. The number of carbonyl (C=O) groups is 2. The van der Waals surface area contributed by atoms with E-state index in [0.717, 1.165) is 12.8 Å². The van der Waals surface area contributed by atoms with Crippen molar-refractivity contribution >= 4 is 12.0 Å². The number of urea groups is 1. The van der Waals surface area contributed by atoms with Crippen LogP contribution in [0, 0.1) is 5.92 Å². The number of rotatable bonds is 2. The second-order valence-corrected chi connectivity index (χ2v) is 5.48. The molecule has 2 amide bonds. The summed E-state index contributed by atoms with van der Waals surface area (Å²) in [7, 11) is 0. The monoisotopic (exact) mass is 286 g/mol. The van der Waals surface area contributed by atoms with Gasteiger partial charge in [0.15, 0.2) is 0 Å². The van der Waals surface area contributed by atoms with Crippen molar-refractivity contribution < 1.29 is 24.5 Å². The quantitative estimate of drug-likeness (QED) is 0.745. The van der Waals surface area contributed by atoms with Crippen LogP contribution >= 0.6 is 0 Å². The number of hydrogen-bond acceptors (Lipinski definition) is 4. The van der Waals surface area contributed by atoms with Crippen molar-refractivity contribution in [2.75, 3.05) is 32.9 Å². The van der Waals surface area contributed by atoms with Gasteiger partial charge in [-0.3, -0.25) is 0 Å². The predicted molar refractivity (Wildman–Crippen MR) is 70.3 cm³/mol. The fraction of sp³-hybridized carbons (Fsp3) is 0.846. The van der Waals surface area contributed by atoms with Crippen LogP contribution in [0.5, 0.6) is 0 Å². The van der Waals surface area contributed by atoms with Crippen LogP contribution in [0.15, 0.2) is 0 Å². The number of aliphatic hydroxyl groups is 1. The smallest absolute Gasteiger partial charge is 0.326 e. The molecule has 0 aromatic carbocycles. The molecule has 2 rings (SSSR count). The summed E-state index contributed by atoms with van der Waals surface area (Å²) in [4.78, 5) is 27.0. The highest BCUT2D eigenvalue weighted by Gasteiger charge is 2.40. The number of carboxylic acid groups (broad SMARTS) is 1. The Morgan fingerprint density at radius 2 is 2.05 bits per heavy atom. The largest absolute Gasteiger partial charge is 0.480 e. The number of carboxylic acids is 1. The lowest BCUT2D eigenvalue weighted by molar-refractivity contribution is -0.145. The first kappa shape index (κ1) is 15.1. The zero-order chi connectivity index (χ0) is 14.7. The van der Waals surface area contributed by atoms with Crippen LogP contribution < -0.4 is 0 Å². The first-order valence-electron chi connectivity index (χ1n) is 7.05. The SMILES string of the molecule is CC1CCCN(C(=O)N2CCOCC2CO)C1C(=O)O. The van der Waals surface area contributed by atoms with E-state index in [2.05, 4.69) is 0 Å². The van der Waals surface area contributed by atoms with Crippen molar-refractivity contribution in [2.45, 2.75) is 31.8 Å². The molecule has 2 aliphatic rings. The Morgan fingerprint density at radius 1 is 1.30 bits per heavy atom. The average Bonchev–Trinajstić information content (AvgIpc) is 2.45. The van der Waals surface area contributed by atoms with Crippen LogP contribution in [0.1, 0.15) is 19.8 Å². The maximum atomic E-state index is 12.6.